The van der Waals surface area contributed by atoms with E-state index in [1.807, 2.05) is 12.1 Å². The molecule has 158 valence electrons. The van der Waals surface area contributed by atoms with Crippen LogP contribution < -0.4 is 20.1 Å². The lowest BCUT2D eigenvalue weighted by molar-refractivity contribution is 0.0893. The maximum absolute atomic E-state index is 5.72. The first-order valence-electron chi connectivity index (χ1n) is 9.91. The molecule has 2 N–H and O–H groups in total. The van der Waals surface area contributed by atoms with Crippen molar-refractivity contribution in [1.82, 2.24) is 10.6 Å². The van der Waals surface area contributed by atoms with E-state index in [1.165, 1.54) is 5.56 Å². The molecule has 0 aliphatic carbocycles. The molecule has 1 aromatic rings. The third kappa shape index (κ3) is 7.63. The molecule has 2 aliphatic rings. The van der Waals surface area contributed by atoms with Crippen molar-refractivity contribution in [3.05, 3.63) is 23.8 Å². The molecule has 8 heteroatoms. The molecule has 0 spiro atoms. The Kier molecular flexibility index (Phi) is 10.7. The molecule has 0 radical (unpaired) electrons. The number of hydrogen-bond acceptors (Lipinski definition) is 5. The Labute approximate surface area is 184 Å². The van der Waals surface area contributed by atoms with Crippen LogP contribution in [0.15, 0.2) is 23.2 Å². The Balaban J connectivity index is 0.00000280. The predicted octanol–water partition coefficient (Wildman–Crippen LogP) is 2.57. The number of aliphatic imine (C=N–C) groups is 1. The van der Waals surface area contributed by atoms with Crippen LogP contribution >= 0.6 is 24.0 Å². The Morgan fingerprint density at radius 3 is 2.96 bits per heavy atom. The van der Waals surface area contributed by atoms with Gasteiger partial charge in [-0.05, 0) is 43.9 Å². The maximum atomic E-state index is 5.72. The summed E-state index contributed by atoms with van der Waals surface area (Å²) in [5.41, 5.74) is 1.21. The summed E-state index contributed by atoms with van der Waals surface area (Å²) in [4.78, 5) is 4.62. The lowest BCUT2D eigenvalue weighted by Gasteiger charge is -2.12. The van der Waals surface area contributed by atoms with Gasteiger partial charge in [-0.25, -0.2) is 0 Å². The Morgan fingerprint density at radius 1 is 1.25 bits per heavy atom. The average Bonchev–Trinajstić information content (AvgIpc) is 3.35. The topological polar surface area (TPSA) is 73.3 Å². The molecular formula is C20H32IN3O4. The molecule has 2 heterocycles. The van der Waals surface area contributed by atoms with E-state index in [0.29, 0.717) is 12.7 Å². The van der Waals surface area contributed by atoms with Crippen LogP contribution in [0.5, 0.6) is 11.5 Å². The molecule has 1 unspecified atom stereocenters. The lowest BCUT2D eigenvalue weighted by atomic mass is 10.1. The number of nitrogens with one attached hydrogen (secondary N) is 2. The molecule has 0 aromatic heterocycles. The van der Waals surface area contributed by atoms with Gasteiger partial charge in [0.15, 0.2) is 17.5 Å². The zero-order chi connectivity index (χ0) is 18.7. The largest absolute Gasteiger partial charge is 0.454 e. The number of fused-ring (bicyclic) bond motifs is 1. The zero-order valence-electron chi connectivity index (χ0n) is 16.6. The van der Waals surface area contributed by atoms with Gasteiger partial charge in [0.1, 0.15) is 0 Å². The first kappa shape index (κ1) is 23.0. The molecule has 1 aromatic carbocycles. The minimum atomic E-state index is 0. The van der Waals surface area contributed by atoms with Gasteiger partial charge in [0.25, 0.3) is 0 Å². The first-order chi connectivity index (χ1) is 13.3. The molecular weight excluding hydrogens is 473 g/mol. The zero-order valence-corrected chi connectivity index (χ0v) is 18.9. The van der Waals surface area contributed by atoms with Crippen LogP contribution in [-0.2, 0) is 15.9 Å². The maximum Gasteiger partial charge on any atom is 0.231 e. The number of benzene rings is 1. The van der Waals surface area contributed by atoms with Crippen molar-refractivity contribution in [2.24, 2.45) is 10.9 Å². The summed E-state index contributed by atoms with van der Waals surface area (Å²) < 4.78 is 21.8. The predicted molar refractivity (Wildman–Crippen MR) is 120 cm³/mol. The van der Waals surface area contributed by atoms with Crippen molar-refractivity contribution in [3.63, 3.8) is 0 Å². The SMILES string of the molecule is CCNC(=NCCCOCC1CCOC1)NCCc1ccc2c(c1)OCO2.I. The summed E-state index contributed by atoms with van der Waals surface area (Å²) in [6, 6.07) is 6.08. The average molecular weight is 505 g/mol. The van der Waals surface area contributed by atoms with Gasteiger partial charge < -0.3 is 29.6 Å². The van der Waals surface area contributed by atoms with Crippen LogP contribution in [0.3, 0.4) is 0 Å². The van der Waals surface area contributed by atoms with Gasteiger partial charge in [0.05, 0.1) is 13.2 Å². The molecule has 7 nitrogen and oxygen atoms in total. The molecule has 0 bridgehead atoms. The number of ether oxygens (including phenoxy) is 4. The van der Waals surface area contributed by atoms with E-state index in [9.17, 15) is 0 Å². The molecule has 1 atom stereocenters. The molecule has 3 rings (SSSR count). The molecule has 0 amide bonds. The molecule has 0 saturated carbocycles. The summed E-state index contributed by atoms with van der Waals surface area (Å²) in [5, 5.41) is 6.67. The lowest BCUT2D eigenvalue weighted by Crippen LogP contribution is -2.38. The highest BCUT2D eigenvalue weighted by molar-refractivity contribution is 14.0. The summed E-state index contributed by atoms with van der Waals surface area (Å²) in [7, 11) is 0. The monoisotopic (exact) mass is 505 g/mol. The van der Waals surface area contributed by atoms with Gasteiger partial charge in [-0.2, -0.15) is 0 Å². The second kappa shape index (κ2) is 13.1. The van der Waals surface area contributed by atoms with Gasteiger partial charge in [0.2, 0.25) is 6.79 Å². The normalized spacial score (nSPS) is 18.0. The van der Waals surface area contributed by atoms with E-state index in [4.69, 9.17) is 18.9 Å². The second-order valence-corrected chi connectivity index (χ2v) is 6.78. The fraction of sp³-hybridized carbons (Fsp3) is 0.650. The Bertz CT molecular complexity index is 609. The fourth-order valence-electron chi connectivity index (χ4n) is 3.09. The van der Waals surface area contributed by atoms with Crippen LogP contribution in [0.2, 0.25) is 0 Å². The van der Waals surface area contributed by atoms with Crippen LogP contribution in [0.1, 0.15) is 25.3 Å². The van der Waals surface area contributed by atoms with Gasteiger partial charge in [-0.15, -0.1) is 24.0 Å². The van der Waals surface area contributed by atoms with Crippen molar-refractivity contribution in [2.75, 3.05) is 52.9 Å². The number of hydrogen-bond donors (Lipinski definition) is 2. The number of nitrogens with zero attached hydrogens (tertiary/aromatic N) is 1. The third-order valence-electron chi connectivity index (χ3n) is 4.58. The van der Waals surface area contributed by atoms with Crippen LogP contribution in [-0.4, -0.2) is 58.8 Å². The molecule has 2 aliphatic heterocycles. The van der Waals surface area contributed by atoms with E-state index < -0.39 is 0 Å². The molecule has 1 fully saturated rings. The van der Waals surface area contributed by atoms with Crippen molar-refractivity contribution in [3.8, 4) is 11.5 Å². The van der Waals surface area contributed by atoms with Gasteiger partial charge in [-0.3, -0.25) is 4.99 Å². The number of guanidine groups is 1. The van der Waals surface area contributed by atoms with Gasteiger partial charge in [0, 0.05) is 38.8 Å². The van der Waals surface area contributed by atoms with Crippen LogP contribution in [0.4, 0.5) is 0 Å². The van der Waals surface area contributed by atoms with Crippen LogP contribution in [0.25, 0.3) is 0 Å². The number of rotatable bonds is 10. The summed E-state index contributed by atoms with van der Waals surface area (Å²) >= 11 is 0. The van der Waals surface area contributed by atoms with E-state index >= 15 is 0 Å². The minimum absolute atomic E-state index is 0. The fourth-order valence-corrected chi connectivity index (χ4v) is 3.09. The standard InChI is InChI=1S/C20H31N3O4.HI/c1-2-21-20(22-8-3-10-24-13-17-7-11-25-14-17)23-9-6-16-4-5-18-19(12-16)27-15-26-18;/h4-5,12,17H,2-3,6-11,13-15H2,1H3,(H2,21,22,23);1H. The Morgan fingerprint density at radius 2 is 2.14 bits per heavy atom. The van der Waals surface area contributed by atoms with Crippen molar-refractivity contribution in [1.29, 1.82) is 0 Å². The van der Waals surface area contributed by atoms with Gasteiger partial charge in [-0.1, -0.05) is 6.07 Å². The first-order valence-corrected chi connectivity index (χ1v) is 9.91. The van der Waals surface area contributed by atoms with Crippen molar-refractivity contribution in [2.45, 2.75) is 26.2 Å². The highest BCUT2D eigenvalue weighted by Crippen LogP contribution is 2.32. The van der Waals surface area contributed by atoms with Crippen LogP contribution in [0, 0.1) is 5.92 Å². The van der Waals surface area contributed by atoms with E-state index in [1.54, 1.807) is 0 Å². The van der Waals surface area contributed by atoms with E-state index in [-0.39, 0.29) is 24.0 Å². The summed E-state index contributed by atoms with van der Waals surface area (Å²) in [6.07, 6.45) is 2.94. The smallest absolute Gasteiger partial charge is 0.231 e. The summed E-state index contributed by atoms with van der Waals surface area (Å²) in [6.45, 7) is 8.05. The van der Waals surface area contributed by atoms with Crippen molar-refractivity contribution < 1.29 is 18.9 Å². The minimum Gasteiger partial charge on any atom is -0.454 e. The van der Waals surface area contributed by atoms with Crippen molar-refractivity contribution >= 4 is 29.9 Å². The molecule has 1 saturated heterocycles. The third-order valence-corrected chi connectivity index (χ3v) is 4.58. The van der Waals surface area contributed by atoms with Gasteiger partial charge >= 0.3 is 0 Å². The summed E-state index contributed by atoms with van der Waals surface area (Å²) in [5.74, 6) is 3.08. The number of halogens is 1. The quantitative estimate of drug-likeness (QED) is 0.221. The van der Waals surface area contributed by atoms with E-state index in [2.05, 4.69) is 28.6 Å². The highest BCUT2D eigenvalue weighted by Gasteiger charge is 2.15. The van der Waals surface area contributed by atoms with E-state index in [0.717, 1.165) is 82.8 Å². The highest BCUT2D eigenvalue weighted by atomic mass is 127. The Hall–Kier alpha value is -1.26. The molecule has 28 heavy (non-hydrogen) atoms. The second-order valence-electron chi connectivity index (χ2n) is 6.78.